The summed E-state index contributed by atoms with van der Waals surface area (Å²) in [6, 6.07) is 9.26. The van der Waals surface area contributed by atoms with E-state index in [9.17, 15) is 14.4 Å². The normalized spacial score (nSPS) is 22.1. The summed E-state index contributed by atoms with van der Waals surface area (Å²) in [7, 11) is 0. The molecule has 2 heterocycles. The number of para-hydroxylation sites is 1. The lowest BCUT2D eigenvalue weighted by atomic mass is 9.73. The van der Waals surface area contributed by atoms with Gasteiger partial charge in [0, 0.05) is 30.5 Å². The number of pyridine rings is 1. The van der Waals surface area contributed by atoms with Gasteiger partial charge in [0.15, 0.2) is 6.61 Å². The van der Waals surface area contributed by atoms with Gasteiger partial charge >= 0.3 is 17.9 Å². The summed E-state index contributed by atoms with van der Waals surface area (Å²) in [5, 5.41) is 0.903. The van der Waals surface area contributed by atoms with Gasteiger partial charge in [0.05, 0.1) is 12.5 Å². The highest BCUT2D eigenvalue weighted by Gasteiger charge is 2.50. The number of carbonyl (C=O) groups is 3. The minimum Gasteiger partial charge on any atom is -0.480 e. The van der Waals surface area contributed by atoms with E-state index in [2.05, 4.69) is 11.6 Å². The predicted molar refractivity (Wildman–Crippen MR) is 132 cm³/mol. The number of esters is 3. The highest BCUT2D eigenvalue weighted by Crippen LogP contribution is 2.45. The van der Waals surface area contributed by atoms with Crippen molar-refractivity contribution in [1.82, 2.24) is 4.98 Å². The second-order valence-corrected chi connectivity index (χ2v) is 9.35. The zero-order valence-corrected chi connectivity index (χ0v) is 20.8. The van der Waals surface area contributed by atoms with E-state index in [-0.39, 0.29) is 18.5 Å². The molecule has 2 aromatic rings. The summed E-state index contributed by atoms with van der Waals surface area (Å²) in [4.78, 5) is 40.7. The van der Waals surface area contributed by atoms with Crippen LogP contribution in [0.5, 0.6) is 5.75 Å². The zero-order chi connectivity index (χ0) is 25.8. The summed E-state index contributed by atoms with van der Waals surface area (Å²) in [6.07, 6.45) is 2.52. The molecule has 8 heteroatoms. The van der Waals surface area contributed by atoms with Crippen LogP contribution in [0.15, 0.2) is 59.8 Å². The second-order valence-electron chi connectivity index (χ2n) is 9.35. The van der Waals surface area contributed by atoms with Crippen molar-refractivity contribution in [2.75, 3.05) is 13.2 Å². The van der Waals surface area contributed by atoms with Crippen LogP contribution in [-0.4, -0.2) is 48.3 Å². The molecule has 190 valence electrons. The lowest BCUT2D eigenvalue weighted by molar-refractivity contribution is -0.153. The molecule has 0 unspecified atom stereocenters. The zero-order valence-electron chi connectivity index (χ0n) is 20.8. The van der Waals surface area contributed by atoms with E-state index in [1.54, 1.807) is 12.3 Å². The number of nitrogens with zero attached hydrogens (tertiary/aromatic N) is 1. The molecule has 1 saturated heterocycles. The van der Waals surface area contributed by atoms with Crippen molar-refractivity contribution in [3.05, 3.63) is 59.8 Å². The van der Waals surface area contributed by atoms with Gasteiger partial charge in [0.2, 0.25) is 0 Å². The van der Waals surface area contributed by atoms with Gasteiger partial charge in [-0.2, -0.15) is 0 Å². The van der Waals surface area contributed by atoms with Crippen LogP contribution in [0.4, 0.5) is 0 Å². The van der Waals surface area contributed by atoms with Gasteiger partial charge in [-0.1, -0.05) is 37.3 Å². The quantitative estimate of drug-likeness (QED) is 0.167. The molecule has 0 amide bonds. The monoisotopic (exact) mass is 493 g/mol. The van der Waals surface area contributed by atoms with Gasteiger partial charge in [-0.25, -0.2) is 9.59 Å². The molecule has 1 aromatic carbocycles. The maximum absolute atomic E-state index is 13.0. The van der Waals surface area contributed by atoms with E-state index in [0.29, 0.717) is 36.3 Å². The Morgan fingerprint density at radius 3 is 2.81 bits per heavy atom. The van der Waals surface area contributed by atoms with E-state index >= 15 is 0 Å². The molecule has 1 aliphatic heterocycles. The molecular formula is C28H31NO7. The van der Waals surface area contributed by atoms with Crippen LogP contribution in [0.25, 0.3) is 10.9 Å². The first-order valence-corrected chi connectivity index (χ1v) is 12.1. The van der Waals surface area contributed by atoms with Gasteiger partial charge in [0.1, 0.15) is 23.5 Å². The molecule has 1 fully saturated rings. The largest absolute Gasteiger partial charge is 0.480 e. The van der Waals surface area contributed by atoms with Crippen LogP contribution in [0.1, 0.15) is 40.0 Å². The maximum atomic E-state index is 13.0. The molecule has 0 radical (unpaired) electrons. The van der Waals surface area contributed by atoms with E-state index < -0.39 is 30.1 Å². The topological polar surface area (TPSA) is 101 Å². The third kappa shape index (κ3) is 5.42. The summed E-state index contributed by atoms with van der Waals surface area (Å²) < 4.78 is 22.4. The highest BCUT2D eigenvalue weighted by atomic mass is 16.6. The van der Waals surface area contributed by atoms with Crippen LogP contribution < -0.4 is 4.74 Å². The fraction of sp³-hybridized carbons (Fsp3) is 0.429. The number of fused-ring (bicyclic) bond motifs is 2. The molecular weight excluding hydrogens is 462 g/mol. The molecule has 0 bridgehead atoms. The fourth-order valence-corrected chi connectivity index (χ4v) is 5.15. The molecule has 1 aliphatic carbocycles. The molecule has 0 N–H and O–H groups in total. The second kappa shape index (κ2) is 10.9. The smallest absolute Gasteiger partial charge is 0.344 e. The average molecular weight is 494 g/mol. The third-order valence-corrected chi connectivity index (χ3v) is 6.77. The SMILES string of the molecule is C=C1C(=O)O[C@@H]2CC(C)=C([C@@H](C)CCCOC(C)=O)[C@@H](OC(=O)COc3cccc4cccnc34)[C@H]12. The van der Waals surface area contributed by atoms with Gasteiger partial charge in [-0.05, 0) is 43.4 Å². The summed E-state index contributed by atoms with van der Waals surface area (Å²) in [6.45, 7) is 9.35. The number of hydrogen-bond donors (Lipinski definition) is 0. The fourth-order valence-electron chi connectivity index (χ4n) is 5.15. The summed E-state index contributed by atoms with van der Waals surface area (Å²) in [5.74, 6) is -1.26. The number of ether oxygens (including phenoxy) is 4. The first-order chi connectivity index (χ1) is 17.3. The van der Waals surface area contributed by atoms with Crippen LogP contribution in [-0.2, 0) is 28.6 Å². The Morgan fingerprint density at radius 1 is 1.25 bits per heavy atom. The number of benzene rings is 1. The molecule has 2 aliphatic rings. The first-order valence-electron chi connectivity index (χ1n) is 12.1. The standard InChI is InChI=1S/C28H31NO7/c1-16(8-7-13-33-19(4)30)24-17(2)14-22-25(18(3)28(32)35-22)27(24)36-23(31)15-34-21-11-5-9-20-10-6-12-29-26(20)21/h5-6,9-12,16,22,25,27H,3,7-8,13-15H2,1-2,4H3/t16-,22+,25+,27+/m0/s1. The Kier molecular flexibility index (Phi) is 7.72. The van der Waals surface area contributed by atoms with Crippen molar-refractivity contribution in [2.24, 2.45) is 11.8 Å². The molecule has 1 aromatic heterocycles. The molecule has 0 saturated carbocycles. The van der Waals surface area contributed by atoms with Gasteiger partial charge < -0.3 is 18.9 Å². The Balaban J connectivity index is 1.50. The molecule has 0 spiro atoms. The lowest BCUT2D eigenvalue weighted by Gasteiger charge is -2.37. The molecule has 8 nitrogen and oxygen atoms in total. The Morgan fingerprint density at radius 2 is 2.03 bits per heavy atom. The number of hydrogen-bond acceptors (Lipinski definition) is 8. The number of aromatic nitrogens is 1. The Labute approximate surface area is 210 Å². The lowest BCUT2D eigenvalue weighted by Crippen LogP contribution is -2.41. The third-order valence-electron chi connectivity index (χ3n) is 6.77. The summed E-state index contributed by atoms with van der Waals surface area (Å²) >= 11 is 0. The molecule has 4 atom stereocenters. The van der Waals surface area contributed by atoms with Gasteiger partial charge in [-0.15, -0.1) is 0 Å². The van der Waals surface area contributed by atoms with Crippen molar-refractivity contribution in [3.8, 4) is 5.75 Å². The van der Waals surface area contributed by atoms with Gasteiger partial charge in [0.25, 0.3) is 0 Å². The van der Waals surface area contributed by atoms with E-state index in [1.807, 2.05) is 38.1 Å². The maximum Gasteiger partial charge on any atom is 0.344 e. The predicted octanol–water partition coefficient (Wildman–Crippen LogP) is 4.32. The van der Waals surface area contributed by atoms with Crippen molar-refractivity contribution in [1.29, 1.82) is 0 Å². The highest BCUT2D eigenvalue weighted by molar-refractivity contribution is 5.91. The van der Waals surface area contributed by atoms with Crippen molar-refractivity contribution < 1.29 is 33.3 Å². The minimum absolute atomic E-state index is 0.0333. The van der Waals surface area contributed by atoms with Crippen LogP contribution in [0.3, 0.4) is 0 Å². The van der Waals surface area contributed by atoms with E-state index in [4.69, 9.17) is 18.9 Å². The summed E-state index contributed by atoms with van der Waals surface area (Å²) in [5.41, 5.74) is 2.95. The van der Waals surface area contributed by atoms with Crippen molar-refractivity contribution >= 4 is 28.8 Å². The van der Waals surface area contributed by atoms with Crippen molar-refractivity contribution in [3.63, 3.8) is 0 Å². The van der Waals surface area contributed by atoms with E-state index in [1.165, 1.54) is 6.92 Å². The van der Waals surface area contributed by atoms with Crippen LogP contribution >= 0.6 is 0 Å². The first kappa shape index (κ1) is 25.4. The van der Waals surface area contributed by atoms with E-state index in [0.717, 1.165) is 23.0 Å². The van der Waals surface area contributed by atoms with Crippen molar-refractivity contribution in [2.45, 2.75) is 52.2 Å². The number of rotatable bonds is 9. The van der Waals surface area contributed by atoms with Gasteiger partial charge in [-0.3, -0.25) is 9.78 Å². The number of carbonyl (C=O) groups excluding carboxylic acids is 3. The average Bonchev–Trinajstić information content (AvgIpc) is 3.13. The van der Waals surface area contributed by atoms with Crippen LogP contribution in [0, 0.1) is 11.8 Å². The molecule has 36 heavy (non-hydrogen) atoms. The minimum atomic E-state index is -0.687. The Hall–Kier alpha value is -3.68. The Bertz CT molecular complexity index is 1210. The molecule has 4 rings (SSSR count). The van der Waals surface area contributed by atoms with Crippen LogP contribution in [0.2, 0.25) is 0 Å².